The Morgan fingerprint density at radius 1 is 1.03 bits per heavy atom. The number of amides is 1. The molecule has 2 aliphatic rings. The van der Waals surface area contributed by atoms with Crippen LogP contribution >= 0.6 is 0 Å². The minimum atomic E-state index is -3.39. The summed E-state index contributed by atoms with van der Waals surface area (Å²) in [5.41, 5.74) is 1.93. The number of nitrogens with zero attached hydrogens (tertiary/aromatic N) is 1. The van der Waals surface area contributed by atoms with Gasteiger partial charge in [0.1, 0.15) is 0 Å². The minimum absolute atomic E-state index is 0.0182. The molecule has 2 N–H and O–H groups in total. The van der Waals surface area contributed by atoms with Gasteiger partial charge in [-0.2, -0.15) is 0 Å². The van der Waals surface area contributed by atoms with E-state index in [9.17, 15) is 13.2 Å². The summed E-state index contributed by atoms with van der Waals surface area (Å²) in [6.45, 7) is 11.5. The maximum Gasteiger partial charge on any atom is 0.227 e. The Kier molecular flexibility index (Phi) is 8.45. The number of morpholine rings is 1. The van der Waals surface area contributed by atoms with Crippen LogP contribution in [0.5, 0.6) is 0 Å². The lowest BCUT2D eigenvalue weighted by atomic mass is 9.86. The maximum absolute atomic E-state index is 12.8. The minimum Gasteiger partial charge on any atom is -0.372 e. The van der Waals surface area contributed by atoms with Crippen LogP contribution in [0.1, 0.15) is 73.1 Å². The predicted octanol–water partition coefficient (Wildman–Crippen LogP) is 4.30. The molecule has 186 valence electrons. The van der Waals surface area contributed by atoms with E-state index in [0.29, 0.717) is 38.5 Å². The first-order valence-electron chi connectivity index (χ1n) is 12.4. The van der Waals surface area contributed by atoms with Crippen molar-refractivity contribution in [1.29, 1.82) is 0 Å². The first-order chi connectivity index (χ1) is 15.6. The lowest BCUT2D eigenvalue weighted by molar-refractivity contribution is -0.120. The fourth-order valence-electron chi connectivity index (χ4n) is 4.85. The van der Waals surface area contributed by atoms with Crippen LogP contribution < -0.4 is 14.9 Å². The molecule has 1 heterocycles. The lowest BCUT2D eigenvalue weighted by Gasteiger charge is -2.37. The molecule has 1 aromatic rings. The summed E-state index contributed by atoms with van der Waals surface area (Å²) in [6.07, 6.45) is 4.32. The van der Waals surface area contributed by atoms with Crippen molar-refractivity contribution in [2.24, 2.45) is 5.92 Å². The monoisotopic (exact) mass is 479 g/mol. The second-order valence-corrected chi connectivity index (χ2v) is 12.3. The standard InChI is InChI=1S/C25H41N3O4S/c1-6-25(5,7-2)33(30,31)27-22-10-8-20(9-11-22)24(29)26-21-12-14-23(15-13-21)28-16-18(3)32-19(4)17-28/h12-15,18-20,22,27H,6-11,16-17H2,1-5H3,(H,26,29)/t18-,19+,20-,22-. The van der Waals surface area contributed by atoms with Gasteiger partial charge in [-0.1, -0.05) is 13.8 Å². The summed E-state index contributed by atoms with van der Waals surface area (Å²) in [4.78, 5) is 15.1. The van der Waals surface area contributed by atoms with Gasteiger partial charge in [0.2, 0.25) is 15.9 Å². The summed E-state index contributed by atoms with van der Waals surface area (Å²) in [5, 5.41) is 3.04. The highest BCUT2D eigenvalue weighted by molar-refractivity contribution is 7.90. The quantitative estimate of drug-likeness (QED) is 0.581. The first kappa shape index (κ1) is 26.0. The number of benzene rings is 1. The van der Waals surface area contributed by atoms with Gasteiger partial charge in [-0.15, -0.1) is 0 Å². The highest BCUT2D eigenvalue weighted by Crippen LogP contribution is 2.30. The number of carbonyl (C=O) groups excluding carboxylic acids is 1. The second kappa shape index (κ2) is 10.7. The number of sulfonamides is 1. The molecule has 2 fully saturated rings. The molecule has 2 atom stereocenters. The van der Waals surface area contributed by atoms with Crippen LogP contribution in [0.25, 0.3) is 0 Å². The Balaban J connectivity index is 1.50. The van der Waals surface area contributed by atoms with Crippen molar-refractivity contribution < 1.29 is 17.9 Å². The van der Waals surface area contributed by atoms with E-state index in [1.165, 1.54) is 0 Å². The number of hydrogen-bond donors (Lipinski definition) is 2. The third-order valence-electron chi connectivity index (χ3n) is 7.48. The first-order valence-corrected chi connectivity index (χ1v) is 13.9. The van der Waals surface area contributed by atoms with Crippen LogP contribution in [0, 0.1) is 5.92 Å². The molecule has 33 heavy (non-hydrogen) atoms. The highest BCUT2D eigenvalue weighted by atomic mass is 32.2. The molecule has 1 aliphatic heterocycles. The Hall–Kier alpha value is -1.64. The Labute approximate surface area is 199 Å². The fourth-order valence-corrected chi connectivity index (χ4v) is 6.57. The van der Waals surface area contributed by atoms with Gasteiger partial charge < -0.3 is 15.0 Å². The van der Waals surface area contributed by atoms with Crippen molar-refractivity contribution in [3.63, 3.8) is 0 Å². The molecule has 7 nitrogen and oxygen atoms in total. The third-order valence-corrected chi connectivity index (χ3v) is 10.0. The van der Waals surface area contributed by atoms with E-state index in [0.717, 1.165) is 24.5 Å². The molecular formula is C25H41N3O4S. The molecule has 0 aromatic heterocycles. The van der Waals surface area contributed by atoms with Gasteiger partial charge in [0.25, 0.3) is 0 Å². The largest absolute Gasteiger partial charge is 0.372 e. The molecule has 1 saturated carbocycles. The van der Waals surface area contributed by atoms with Crippen LogP contribution in [0.2, 0.25) is 0 Å². The topological polar surface area (TPSA) is 87.7 Å². The molecule has 1 aromatic carbocycles. The fraction of sp³-hybridized carbons (Fsp3) is 0.720. The van der Waals surface area contributed by atoms with E-state index in [4.69, 9.17) is 4.74 Å². The number of carbonyl (C=O) groups is 1. The molecule has 0 bridgehead atoms. The number of rotatable bonds is 8. The third kappa shape index (κ3) is 6.28. The maximum atomic E-state index is 12.8. The van der Waals surface area contributed by atoms with Crippen molar-refractivity contribution in [3.8, 4) is 0 Å². The van der Waals surface area contributed by atoms with Crippen molar-refractivity contribution in [2.75, 3.05) is 23.3 Å². The average molecular weight is 480 g/mol. The lowest BCUT2D eigenvalue weighted by Crippen LogP contribution is -2.48. The van der Waals surface area contributed by atoms with Crippen molar-refractivity contribution in [2.45, 2.75) is 96.1 Å². The van der Waals surface area contributed by atoms with Gasteiger partial charge in [-0.25, -0.2) is 13.1 Å². The van der Waals surface area contributed by atoms with E-state index in [-0.39, 0.29) is 30.1 Å². The summed E-state index contributed by atoms with van der Waals surface area (Å²) in [5.74, 6) is -0.0697. The molecule has 0 spiro atoms. The summed E-state index contributed by atoms with van der Waals surface area (Å²) < 4.78 is 33.6. The number of nitrogens with one attached hydrogen (secondary N) is 2. The molecule has 1 amide bonds. The number of anilines is 2. The number of ether oxygens (including phenoxy) is 1. The van der Waals surface area contributed by atoms with Crippen molar-refractivity contribution in [3.05, 3.63) is 24.3 Å². The van der Waals surface area contributed by atoms with Crippen molar-refractivity contribution >= 4 is 27.3 Å². The number of hydrogen-bond acceptors (Lipinski definition) is 5. The molecule has 1 saturated heterocycles. The highest BCUT2D eigenvalue weighted by Gasteiger charge is 2.38. The smallest absolute Gasteiger partial charge is 0.227 e. The van der Waals surface area contributed by atoms with Gasteiger partial charge >= 0.3 is 0 Å². The molecule has 3 rings (SSSR count). The van der Waals surface area contributed by atoms with Crippen LogP contribution in [-0.4, -0.2) is 50.4 Å². The van der Waals surface area contributed by atoms with E-state index in [2.05, 4.69) is 28.8 Å². The van der Waals surface area contributed by atoms with Crippen LogP contribution in [0.15, 0.2) is 24.3 Å². The van der Waals surface area contributed by atoms with E-state index in [1.807, 2.05) is 38.1 Å². The zero-order valence-corrected chi connectivity index (χ0v) is 21.6. The Morgan fingerprint density at radius 3 is 2.09 bits per heavy atom. The molecule has 8 heteroatoms. The molecule has 1 aliphatic carbocycles. The van der Waals surface area contributed by atoms with Crippen LogP contribution in [0.4, 0.5) is 11.4 Å². The van der Waals surface area contributed by atoms with Crippen LogP contribution in [0.3, 0.4) is 0 Å². The van der Waals surface area contributed by atoms with Gasteiger partial charge in [0.15, 0.2) is 0 Å². The van der Waals surface area contributed by atoms with E-state index in [1.54, 1.807) is 6.92 Å². The zero-order valence-electron chi connectivity index (χ0n) is 20.8. The van der Waals surface area contributed by atoms with Gasteiger partial charge in [-0.3, -0.25) is 4.79 Å². The predicted molar refractivity (Wildman–Crippen MR) is 134 cm³/mol. The molecule has 0 radical (unpaired) electrons. The Morgan fingerprint density at radius 2 is 1.58 bits per heavy atom. The normalized spacial score (nSPS) is 26.8. The van der Waals surface area contributed by atoms with E-state index >= 15 is 0 Å². The summed E-state index contributed by atoms with van der Waals surface area (Å²) >= 11 is 0. The zero-order chi connectivity index (χ0) is 24.2. The summed E-state index contributed by atoms with van der Waals surface area (Å²) in [7, 11) is -3.39. The molecular weight excluding hydrogens is 438 g/mol. The van der Waals surface area contributed by atoms with Crippen molar-refractivity contribution in [1.82, 2.24) is 4.72 Å². The SMILES string of the molecule is CCC(C)(CC)S(=O)(=O)N[C@H]1CC[C@H](C(=O)Nc2ccc(N3C[C@@H](C)O[C@@H](C)C3)cc2)CC1. The molecule has 0 unspecified atom stereocenters. The summed E-state index contributed by atoms with van der Waals surface area (Å²) in [6, 6.07) is 7.91. The second-order valence-electron chi connectivity index (χ2n) is 10.0. The average Bonchev–Trinajstić information content (AvgIpc) is 2.78. The Bertz CT molecular complexity index is 881. The van der Waals surface area contributed by atoms with Gasteiger partial charge in [0, 0.05) is 36.4 Å². The van der Waals surface area contributed by atoms with Crippen LogP contribution in [-0.2, 0) is 19.6 Å². The van der Waals surface area contributed by atoms with Gasteiger partial charge in [0.05, 0.1) is 17.0 Å². The van der Waals surface area contributed by atoms with E-state index < -0.39 is 14.8 Å². The van der Waals surface area contributed by atoms with Gasteiger partial charge in [-0.05, 0) is 83.6 Å².